The molecule has 4 nitrogen and oxygen atoms in total. The van der Waals surface area contributed by atoms with Crippen molar-refractivity contribution in [3.8, 4) is 5.69 Å². The molecule has 3 N–H and O–H groups in total. The Kier molecular flexibility index (Phi) is 1.90. The number of rotatable bonds is 1. The summed E-state index contributed by atoms with van der Waals surface area (Å²) < 4.78 is 1.71. The summed E-state index contributed by atoms with van der Waals surface area (Å²) in [5, 5.41) is 3.31. The highest BCUT2D eigenvalue weighted by atomic mass is 35.5. The van der Waals surface area contributed by atoms with Crippen LogP contribution in [-0.2, 0) is 0 Å². The van der Waals surface area contributed by atoms with Gasteiger partial charge in [0.2, 0.25) is 6.20 Å². The van der Waals surface area contributed by atoms with Gasteiger partial charge in [0.1, 0.15) is 11.9 Å². The molecule has 0 aliphatic heterocycles. The van der Waals surface area contributed by atoms with Gasteiger partial charge in [-0.3, -0.25) is 4.98 Å². The first kappa shape index (κ1) is 8.07. The number of nitrogen functional groups attached to an aromatic ring is 1. The van der Waals surface area contributed by atoms with Crippen LogP contribution in [0, 0.1) is 0 Å². The van der Waals surface area contributed by atoms with Crippen LogP contribution in [0.25, 0.3) is 5.69 Å². The van der Waals surface area contributed by atoms with E-state index in [1.165, 1.54) is 0 Å². The van der Waals surface area contributed by atoms with Crippen molar-refractivity contribution in [2.24, 2.45) is 0 Å². The molecule has 2 aromatic rings. The van der Waals surface area contributed by atoms with E-state index in [1.54, 1.807) is 23.3 Å². The molecule has 0 saturated heterocycles. The zero-order valence-corrected chi connectivity index (χ0v) is 7.49. The lowest BCUT2D eigenvalue weighted by molar-refractivity contribution is -0.655. The number of aromatic amines is 1. The molecule has 0 spiro atoms. The minimum absolute atomic E-state index is 0.434. The summed E-state index contributed by atoms with van der Waals surface area (Å²) in [6, 6.07) is 3.74. The molecule has 2 rings (SSSR count). The molecular formula is C8H8ClN4+. The number of nitrogens with one attached hydrogen (secondary N) is 1. The maximum Gasteiger partial charge on any atom is 0.253 e. The third-order valence-corrected chi connectivity index (χ3v) is 1.97. The number of H-pyrrole nitrogens is 1. The Labute approximate surface area is 80.0 Å². The SMILES string of the molecule is Nc1c[n+](-c2cccnc2)[nH]c1Cl. The predicted molar refractivity (Wildman–Crippen MR) is 49.5 cm³/mol. The van der Waals surface area contributed by atoms with E-state index in [-0.39, 0.29) is 0 Å². The van der Waals surface area contributed by atoms with Gasteiger partial charge >= 0.3 is 0 Å². The number of nitrogens with two attached hydrogens (primary N) is 1. The van der Waals surface area contributed by atoms with Gasteiger partial charge in [-0.25, -0.2) is 0 Å². The fraction of sp³-hybridized carbons (Fsp3) is 0. The lowest BCUT2D eigenvalue weighted by Crippen LogP contribution is -2.31. The summed E-state index contributed by atoms with van der Waals surface area (Å²) in [4.78, 5) is 3.98. The maximum atomic E-state index is 5.76. The topological polar surface area (TPSA) is 58.6 Å². The second-order valence-corrected chi connectivity index (χ2v) is 2.97. The van der Waals surface area contributed by atoms with Crippen molar-refractivity contribution < 1.29 is 4.68 Å². The number of aromatic nitrogens is 3. The Morgan fingerprint density at radius 1 is 1.54 bits per heavy atom. The van der Waals surface area contributed by atoms with Crippen LogP contribution in [0.3, 0.4) is 0 Å². The molecule has 13 heavy (non-hydrogen) atoms. The molecule has 0 unspecified atom stereocenters. The van der Waals surface area contributed by atoms with Crippen molar-refractivity contribution in [3.63, 3.8) is 0 Å². The average molecular weight is 196 g/mol. The van der Waals surface area contributed by atoms with Crippen molar-refractivity contribution in [2.75, 3.05) is 5.73 Å². The van der Waals surface area contributed by atoms with Gasteiger partial charge in [0.15, 0.2) is 5.15 Å². The van der Waals surface area contributed by atoms with Crippen LogP contribution in [-0.4, -0.2) is 10.1 Å². The van der Waals surface area contributed by atoms with Crippen LogP contribution in [0.2, 0.25) is 5.15 Å². The highest BCUT2D eigenvalue weighted by Crippen LogP contribution is 2.12. The molecule has 0 amide bonds. The van der Waals surface area contributed by atoms with Gasteiger partial charge in [-0.05, 0) is 6.07 Å². The Hall–Kier alpha value is -1.55. The molecule has 0 aliphatic carbocycles. The number of hydrogen-bond acceptors (Lipinski definition) is 2. The molecule has 0 radical (unpaired) electrons. The van der Waals surface area contributed by atoms with Crippen molar-refractivity contribution in [2.45, 2.75) is 0 Å². The van der Waals surface area contributed by atoms with Crippen molar-refractivity contribution in [1.29, 1.82) is 0 Å². The Morgan fingerprint density at radius 2 is 2.38 bits per heavy atom. The molecule has 0 fully saturated rings. The fourth-order valence-electron chi connectivity index (χ4n) is 1.03. The van der Waals surface area contributed by atoms with Crippen LogP contribution < -0.4 is 10.4 Å². The molecule has 2 aromatic heterocycles. The lowest BCUT2D eigenvalue weighted by Gasteiger charge is -1.86. The Morgan fingerprint density at radius 3 is 2.92 bits per heavy atom. The van der Waals surface area contributed by atoms with Gasteiger partial charge < -0.3 is 5.73 Å². The molecule has 2 heterocycles. The van der Waals surface area contributed by atoms with E-state index < -0.39 is 0 Å². The molecular weight excluding hydrogens is 188 g/mol. The molecule has 0 bridgehead atoms. The molecule has 0 aromatic carbocycles. The van der Waals surface area contributed by atoms with Crippen LogP contribution >= 0.6 is 11.6 Å². The Balaban J connectivity index is 2.48. The lowest BCUT2D eigenvalue weighted by atomic mass is 10.4. The summed E-state index contributed by atoms with van der Waals surface area (Å²) in [6.45, 7) is 0. The van der Waals surface area contributed by atoms with Gasteiger partial charge in [-0.15, -0.1) is 5.10 Å². The Bertz CT molecular complexity index is 390. The van der Waals surface area contributed by atoms with Gasteiger partial charge in [0.25, 0.3) is 5.69 Å². The molecule has 5 heteroatoms. The first-order valence-corrected chi connectivity index (χ1v) is 4.11. The third-order valence-electron chi connectivity index (χ3n) is 1.66. The van der Waals surface area contributed by atoms with Crippen molar-refractivity contribution >= 4 is 17.3 Å². The van der Waals surface area contributed by atoms with Gasteiger partial charge in [0.05, 0.1) is 0 Å². The normalized spacial score (nSPS) is 10.2. The van der Waals surface area contributed by atoms with Gasteiger partial charge in [-0.2, -0.15) is 0 Å². The highest BCUT2D eigenvalue weighted by molar-refractivity contribution is 6.31. The standard InChI is InChI=1S/C8H7ClN4/c9-8-7(10)5-13(12-8)6-2-1-3-11-4-6/h1-5H,10H2/p+1. The largest absolute Gasteiger partial charge is 0.391 e. The first-order valence-electron chi connectivity index (χ1n) is 3.73. The number of pyridine rings is 1. The first-order chi connectivity index (χ1) is 6.27. The van der Waals surface area contributed by atoms with Gasteiger partial charge in [0, 0.05) is 12.3 Å². The van der Waals surface area contributed by atoms with Crippen molar-refractivity contribution in [3.05, 3.63) is 35.9 Å². The van der Waals surface area contributed by atoms with Crippen LogP contribution in [0.4, 0.5) is 5.69 Å². The van der Waals surface area contributed by atoms with E-state index in [2.05, 4.69) is 10.1 Å². The zero-order valence-electron chi connectivity index (χ0n) is 6.74. The third kappa shape index (κ3) is 1.48. The summed E-state index contributed by atoms with van der Waals surface area (Å²) in [6.07, 6.45) is 5.13. The number of nitrogens with zero attached hydrogens (tertiary/aromatic N) is 2. The van der Waals surface area contributed by atoms with E-state index >= 15 is 0 Å². The van der Waals surface area contributed by atoms with Crippen LogP contribution in [0.15, 0.2) is 30.7 Å². The van der Waals surface area contributed by atoms with Crippen LogP contribution in [0.5, 0.6) is 0 Å². The highest BCUT2D eigenvalue weighted by Gasteiger charge is 2.12. The number of anilines is 1. The fourth-order valence-corrected chi connectivity index (χ4v) is 1.17. The minimum Gasteiger partial charge on any atom is -0.391 e. The average Bonchev–Trinajstić information content (AvgIpc) is 2.49. The zero-order chi connectivity index (χ0) is 9.26. The van der Waals surface area contributed by atoms with E-state index in [9.17, 15) is 0 Å². The predicted octanol–water partition coefficient (Wildman–Crippen LogP) is 0.922. The summed E-state index contributed by atoms with van der Waals surface area (Å²) in [5.41, 5.74) is 6.98. The van der Waals surface area contributed by atoms with E-state index in [4.69, 9.17) is 17.3 Å². The molecule has 66 valence electrons. The minimum atomic E-state index is 0.434. The quantitative estimate of drug-likeness (QED) is 0.665. The number of hydrogen-bond donors (Lipinski definition) is 2. The summed E-state index contributed by atoms with van der Waals surface area (Å²) in [7, 11) is 0. The maximum absolute atomic E-state index is 5.76. The monoisotopic (exact) mass is 195 g/mol. The summed E-state index contributed by atoms with van der Waals surface area (Å²) in [5.74, 6) is 0. The number of halogens is 1. The smallest absolute Gasteiger partial charge is 0.253 e. The summed E-state index contributed by atoms with van der Waals surface area (Å²) >= 11 is 5.76. The molecule has 0 saturated carbocycles. The second-order valence-electron chi connectivity index (χ2n) is 2.59. The van der Waals surface area contributed by atoms with Crippen LogP contribution in [0.1, 0.15) is 0 Å². The molecule has 0 atom stereocenters. The second kappa shape index (κ2) is 3.06. The van der Waals surface area contributed by atoms with E-state index in [0.29, 0.717) is 10.8 Å². The van der Waals surface area contributed by atoms with E-state index in [1.807, 2.05) is 12.1 Å². The van der Waals surface area contributed by atoms with Gasteiger partial charge in [-0.1, -0.05) is 16.3 Å². The van der Waals surface area contributed by atoms with E-state index in [0.717, 1.165) is 5.69 Å². The van der Waals surface area contributed by atoms with Crippen molar-refractivity contribution in [1.82, 2.24) is 10.1 Å². The molecule has 0 aliphatic rings.